The van der Waals surface area contributed by atoms with E-state index in [-0.39, 0.29) is 0 Å². The van der Waals surface area contributed by atoms with Crippen LogP contribution in [0.4, 0.5) is 5.69 Å². The summed E-state index contributed by atoms with van der Waals surface area (Å²) in [4.78, 5) is 0. The SMILES string of the molecule is Cc1c(Cl)cccc1NCc1ccc(-c2ccccc2)cc1. The number of benzene rings is 3. The molecule has 0 aliphatic carbocycles. The second-order valence-corrected chi connectivity index (χ2v) is 5.74. The monoisotopic (exact) mass is 307 g/mol. The molecule has 0 saturated carbocycles. The molecular weight excluding hydrogens is 290 g/mol. The van der Waals surface area contributed by atoms with Gasteiger partial charge in [-0.15, -0.1) is 0 Å². The van der Waals surface area contributed by atoms with Gasteiger partial charge >= 0.3 is 0 Å². The summed E-state index contributed by atoms with van der Waals surface area (Å²) in [6.07, 6.45) is 0. The van der Waals surface area contributed by atoms with Gasteiger partial charge in [0.05, 0.1) is 0 Å². The molecule has 2 heteroatoms. The molecule has 0 bridgehead atoms. The fraction of sp³-hybridized carbons (Fsp3) is 0.100. The van der Waals surface area contributed by atoms with Crippen molar-refractivity contribution in [1.29, 1.82) is 0 Å². The van der Waals surface area contributed by atoms with Crippen LogP contribution in [0.25, 0.3) is 11.1 Å². The number of hydrogen-bond acceptors (Lipinski definition) is 1. The molecule has 0 aliphatic heterocycles. The third kappa shape index (κ3) is 3.32. The first-order valence-corrected chi connectivity index (χ1v) is 7.75. The molecule has 0 heterocycles. The zero-order chi connectivity index (χ0) is 15.4. The van der Waals surface area contributed by atoms with Crippen LogP contribution in [0.5, 0.6) is 0 Å². The van der Waals surface area contributed by atoms with Gasteiger partial charge in [0.1, 0.15) is 0 Å². The third-order valence-corrected chi connectivity index (χ3v) is 4.22. The number of halogens is 1. The standard InChI is InChI=1S/C20H18ClN/c1-15-19(21)8-5-9-20(15)22-14-16-10-12-18(13-11-16)17-6-3-2-4-7-17/h2-13,22H,14H2,1H3. The summed E-state index contributed by atoms with van der Waals surface area (Å²) in [7, 11) is 0. The van der Waals surface area contributed by atoms with Crippen LogP contribution in [0.2, 0.25) is 5.02 Å². The van der Waals surface area contributed by atoms with Crippen LogP contribution in [0.15, 0.2) is 72.8 Å². The van der Waals surface area contributed by atoms with E-state index in [1.165, 1.54) is 16.7 Å². The number of nitrogens with one attached hydrogen (secondary N) is 1. The molecule has 1 N–H and O–H groups in total. The largest absolute Gasteiger partial charge is 0.381 e. The van der Waals surface area contributed by atoms with Gasteiger partial charge in [0.15, 0.2) is 0 Å². The van der Waals surface area contributed by atoms with Crippen LogP contribution in [0, 0.1) is 6.92 Å². The Morgan fingerprint density at radius 3 is 2.18 bits per heavy atom. The van der Waals surface area contributed by atoms with E-state index in [9.17, 15) is 0 Å². The highest BCUT2D eigenvalue weighted by molar-refractivity contribution is 6.31. The van der Waals surface area contributed by atoms with Gasteiger partial charge in [0, 0.05) is 17.3 Å². The zero-order valence-corrected chi connectivity index (χ0v) is 13.3. The summed E-state index contributed by atoms with van der Waals surface area (Å²) < 4.78 is 0. The van der Waals surface area contributed by atoms with Crippen molar-refractivity contribution in [3.05, 3.63) is 88.9 Å². The van der Waals surface area contributed by atoms with Crippen LogP contribution in [0.1, 0.15) is 11.1 Å². The van der Waals surface area contributed by atoms with Gasteiger partial charge in [-0.3, -0.25) is 0 Å². The first kappa shape index (κ1) is 14.7. The highest BCUT2D eigenvalue weighted by Crippen LogP contribution is 2.24. The maximum Gasteiger partial charge on any atom is 0.0455 e. The van der Waals surface area contributed by atoms with Crippen LogP contribution in [-0.2, 0) is 6.54 Å². The normalized spacial score (nSPS) is 10.5. The Labute approximate surface area is 136 Å². The molecule has 22 heavy (non-hydrogen) atoms. The Hall–Kier alpha value is -2.25. The fourth-order valence-electron chi connectivity index (χ4n) is 2.44. The molecule has 3 rings (SSSR count). The topological polar surface area (TPSA) is 12.0 Å². The van der Waals surface area contributed by atoms with Crippen LogP contribution in [-0.4, -0.2) is 0 Å². The van der Waals surface area contributed by atoms with Crippen molar-refractivity contribution in [3.8, 4) is 11.1 Å². The maximum atomic E-state index is 6.14. The predicted octanol–water partition coefficient (Wildman–Crippen LogP) is 5.93. The summed E-state index contributed by atoms with van der Waals surface area (Å²) in [5.74, 6) is 0. The van der Waals surface area contributed by atoms with E-state index in [0.717, 1.165) is 22.8 Å². The summed E-state index contributed by atoms with van der Waals surface area (Å²) in [5, 5.41) is 4.24. The van der Waals surface area contributed by atoms with Crippen molar-refractivity contribution in [2.75, 3.05) is 5.32 Å². The molecule has 3 aromatic rings. The van der Waals surface area contributed by atoms with Crippen molar-refractivity contribution in [2.24, 2.45) is 0 Å². The lowest BCUT2D eigenvalue weighted by Gasteiger charge is -2.11. The van der Waals surface area contributed by atoms with E-state index in [0.29, 0.717) is 0 Å². The molecule has 0 unspecified atom stereocenters. The second-order valence-electron chi connectivity index (χ2n) is 5.33. The average Bonchev–Trinajstić information content (AvgIpc) is 2.57. The quantitative estimate of drug-likeness (QED) is 0.630. The van der Waals surface area contributed by atoms with Gasteiger partial charge in [-0.05, 0) is 41.3 Å². The summed E-state index contributed by atoms with van der Waals surface area (Å²) in [6.45, 7) is 2.82. The van der Waals surface area contributed by atoms with Crippen LogP contribution >= 0.6 is 11.6 Å². The second kappa shape index (κ2) is 6.67. The molecule has 0 radical (unpaired) electrons. The summed E-state index contributed by atoms with van der Waals surface area (Å²) in [5.41, 5.74) is 5.90. The van der Waals surface area contributed by atoms with Crippen molar-refractivity contribution < 1.29 is 0 Å². The Bertz CT molecular complexity index is 748. The lowest BCUT2D eigenvalue weighted by atomic mass is 10.0. The van der Waals surface area contributed by atoms with E-state index in [2.05, 4.69) is 59.9 Å². The Balaban J connectivity index is 1.70. The molecule has 110 valence electrons. The smallest absolute Gasteiger partial charge is 0.0455 e. The first-order valence-electron chi connectivity index (χ1n) is 7.37. The van der Waals surface area contributed by atoms with Gasteiger partial charge in [0.2, 0.25) is 0 Å². The molecule has 0 amide bonds. The summed E-state index contributed by atoms with van der Waals surface area (Å²) in [6, 6.07) is 25.0. The molecule has 0 saturated heterocycles. The minimum absolute atomic E-state index is 0.788. The zero-order valence-electron chi connectivity index (χ0n) is 12.5. The third-order valence-electron chi connectivity index (χ3n) is 3.81. The predicted molar refractivity (Wildman–Crippen MR) is 95.4 cm³/mol. The number of rotatable bonds is 4. The van der Waals surface area contributed by atoms with E-state index < -0.39 is 0 Å². The maximum absolute atomic E-state index is 6.14. The fourth-order valence-corrected chi connectivity index (χ4v) is 2.62. The molecule has 0 aromatic heterocycles. The van der Waals surface area contributed by atoms with Gasteiger partial charge in [-0.1, -0.05) is 72.3 Å². The number of hydrogen-bond donors (Lipinski definition) is 1. The Morgan fingerprint density at radius 1 is 0.773 bits per heavy atom. The molecular formula is C20H18ClN. The van der Waals surface area contributed by atoms with Crippen molar-refractivity contribution in [3.63, 3.8) is 0 Å². The van der Waals surface area contributed by atoms with Gasteiger partial charge in [-0.25, -0.2) is 0 Å². The number of anilines is 1. The minimum Gasteiger partial charge on any atom is -0.381 e. The average molecular weight is 308 g/mol. The molecule has 1 nitrogen and oxygen atoms in total. The van der Waals surface area contributed by atoms with Gasteiger partial charge in [0.25, 0.3) is 0 Å². The van der Waals surface area contributed by atoms with Gasteiger partial charge in [-0.2, -0.15) is 0 Å². The molecule has 3 aromatic carbocycles. The lowest BCUT2D eigenvalue weighted by Crippen LogP contribution is -2.01. The van der Waals surface area contributed by atoms with Crippen molar-refractivity contribution >= 4 is 17.3 Å². The van der Waals surface area contributed by atoms with Crippen molar-refractivity contribution in [2.45, 2.75) is 13.5 Å². The molecule has 0 atom stereocenters. The molecule has 0 aliphatic rings. The van der Waals surface area contributed by atoms with E-state index in [1.54, 1.807) is 0 Å². The van der Waals surface area contributed by atoms with E-state index >= 15 is 0 Å². The van der Waals surface area contributed by atoms with E-state index in [1.807, 2.05) is 25.1 Å². The van der Waals surface area contributed by atoms with Crippen LogP contribution < -0.4 is 5.32 Å². The highest BCUT2D eigenvalue weighted by Gasteiger charge is 2.02. The van der Waals surface area contributed by atoms with Crippen molar-refractivity contribution in [1.82, 2.24) is 0 Å². The Kier molecular flexibility index (Phi) is 4.45. The minimum atomic E-state index is 0.788. The summed E-state index contributed by atoms with van der Waals surface area (Å²) >= 11 is 6.14. The van der Waals surface area contributed by atoms with Crippen LogP contribution in [0.3, 0.4) is 0 Å². The molecule has 0 fully saturated rings. The lowest BCUT2D eigenvalue weighted by molar-refractivity contribution is 1.14. The highest BCUT2D eigenvalue weighted by atomic mass is 35.5. The van der Waals surface area contributed by atoms with E-state index in [4.69, 9.17) is 11.6 Å². The first-order chi connectivity index (χ1) is 10.7. The van der Waals surface area contributed by atoms with Gasteiger partial charge < -0.3 is 5.32 Å². The Morgan fingerprint density at radius 2 is 1.45 bits per heavy atom. The molecule has 0 spiro atoms.